The fraction of sp³-hybridized carbons (Fsp3) is 0.150. The molecule has 0 aliphatic heterocycles. The van der Waals surface area contributed by atoms with Gasteiger partial charge in [0.05, 0.1) is 10.9 Å². The van der Waals surface area contributed by atoms with E-state index in [1.807, 2.05) is 11.3 Å². The molecule has 3 heterocycles. The van der Waals surface area contributed by atoms with Crippen LogP contribution < -0.4 is 4.57 Å². The zero-order valence-corrected chi connectivity index (χ0v) is 14.2. The van der Waals surface area contributed by atoms with Crippen molar-refractivity contribution < 1.29 is 4.57 Å². The maximum Gasteiger partial charge on any atom is 0.214 e. The predicted molar refractivity (Wildman–Crippen MR) is 99.2 cm³/mol. The smallest absolute Gasteiger partial charge is 0.214 e. The van der Waals surface area contributed by atoms with Crippen LogP contribution >= 0.6 is 11.3 Å². The average Bonchev–Trinajstić information content (AvgIpc) is 2.92. The minimum Gasteiger partial charge on any atom is -0.350 e. The molecule has 0 amide bonds. The van der Waals surface area contributed by atoms with Crippen LogP contribution in [-0.2, 0) is 14.1 Å². The minimum atomic E-state index is 1.31. The van der Waals surface area contributed by atoms with Gasteiger partial charge in [0.15, 0.2) is 6.20 Å². The Morgan fingerprint density at radius 1 is 1.04 bits per heavy atom. The highest BCUT2D eigenvalue weighted by atomic mass is 32.1. The van der Waals surface area contributed by atoms with E-state index in [4.69, 9.17) is 0 Å². The van der Waals surface area contributed by atoms with Gasteiger partial charge in [-0.25, -0.2) is 4.57 Å². The minimum absolute atomic E-state index is 1.31. The van der Waals surface area contributed by atoms with E-state index in [1.54, 1.807) is 0 Å². The lowest BCUT2D eigenvalue weighted by Gasteiger charge is -2.14. The number of benzene rings is 2. The highest BCUT2D eigenvalue weighted by Crippen LogP contribution is 2.40. The van der Waals surface area contributed by atoms with Crippen LogP contribution in [-0.4, -0.2) is 4.57 Å². The second-order valence-corrected chi connectivity index (χ2v) is 7.42. The molecular weight excluding hydrogens is 300 g/mol. The maximum absolute atomic E-state index is 2.34. The first-order valence-electron chi connectivity index (χ1n) is 7.83. The molecule has 112 valence electrons. The molecule has 2 aromatic carbocycles. The number of hydrogen-bond acceptors (Lipinski definition) is 1. The van der Waals surface area contributed by atoms with Crippen molar-refractivity contribution in [2.45, 2.75) is 6.92 Å². The Morgan fingerprint density at radius 3 is 2.78 bits per heavy atom. The van der Waals surface area contributed by atoms with Crippen LogP contribution in [0, 0.1) is 6.92 Å². The number of fused-ring (bicyclic) bond motifs is 3. The third-order valence-corrected chi connectivity index (χ3v) is 6.10. The van der Waals surface area contributed by atoms with Gasteiger partial charge in [0.2, 0.25) is 5.52 Å². The monoisotopic (exact) mass is 317 g/mol. The van der Waals surface area contributed by atoms with Crippen LogP contribution in [0.2, 0.25) is 0 Å². The van der Waals surface area contributed by atoms with Gasteiger partial charge in [-0.05, 0) is 30.0 Å². The molecule has 0 aliphatic carbocycles. The molecule has 0 fully saturated rings. The van der Waals surface area contributed by atoms with Crippen LogP contribution in [0.3, 0.4) is 0 Å². The van der Waals surface area contributed by atoms with Gasteiger partial charge in [0.25, 0.3) is 0 Å². The van der Waals surface area contributed by atoms with Crippen molar-refractivity contribution >= 4 is 53.3 Å². The van der Waals surface area contributed by atoms with Gasteiger partial charge in [0, 0.05) is 45.5 Å². The maximum atomic E-state index is 2.34. The Morgan fingerprint density at radius 2 is 1.91 bits per heavy atom. The lowest BCUT2D eigenvalue weighted by molar-refractivity contribution is -0.642. The highest BCUT2D eigenvalue weighted by molar-refractivity contribution is 7.25. The molecule has 5 aromatic rings. The molecule has 0 aliphatic rings. The Kier molecular flexibility index (Phi) is 2.46. The van der Waals surface area contributed by atoms with Crippen LogP contribution in [0.4, 0.5) is 0 Å². The SMILES string of the molecule is Cc1c2cc[n+](C)c2cc2sc3cccc4ccn(C)c(c12)c43. The largest absolute Gasteiger partial charge is 0.350 e. The molecule has 0 atom stereocenters. The second kappa shape index (κ2) is 4.33. The molecule has 0 radical (unpaired) electrons. The van der Waals surface area contributed by atoms with Gasteiger partial charge in [-0.3, -0.25) is 0 Å². The van der Waals surface area contributed by atoms with E-state index in [0.29, 0.717) is 0 Å². The van der Waals surface area contributed by atoms with Gasteiger partial charge >= 0.3 is 0 Å². The molecule has 0 saturated carbocycles. The van der Waals surface area contributed by atoms with Crippen molar-refractivity contribution in [1.82, 2.24) is 4.57 Å². The first kappa shape index (κ1) is 13.1. The summed E-state index contributed by atoms with van der Waals surface area (Å²) in [5.41, 5.74) is 4.03. The highest BCUT2D eigenvalue weighted by Gasteiger charge is 2.17. The molecule has 23 heavy (non-hydrogen) atoms. The average molecular weight is 317 g/mol. The van der Waals surface area contributed by atoms with Crippen molar-refractivity contribution in [2.75, 3.05) is 0 Å². The summed E-state index contributed by atoms with van der Waals surface area (Å²) in [7, 11) is 4.27. The van der Waals surface area contributed by atoms with E-state index >= 15 is 0 Å². The molecule has 2 nitrogen and oxygen atoms in total. The molecule has 0 bridgehead atoms. The summed E-state index contributed by atoms with van der Waals surface area (Å²) in [5.74, 6) is 0. The lowest BCUT2D eigenvalue weighted by atomic mass is 10.0. The third kappa shape index (κ3) is 1.60. The normalized spacial score (nSPS) is 12.1. The van der Waals surface area contributed by atoms with Crippen molar-refractivity contribution in [3.63, 3.8) is 0 Å². The Bertz CT molecular complexity index is 1240. The summed E-state index contributed by atoms with van der Waals surface area (Å²) >= 11 is 1.90. The van der Waals surface area contributed by atoms with Gasteiger partial charge in [-0.1, -0.05) is 12.1 Å². The van der Waals surface area contributed by atoms with Crippen LogP contribution in [0.1, 0.15) is 5.56 Å². The van der Waals surface area contributed by atoms with Crippen molar-refractivity contribution in [3.05, 3.63) is 54.4 Å². The van der Waals surface area contributed by atoms with E-state index < -0.39 is 0 Å². The van der Waals surface area contributed by atoms with E-state index in [1.165, 1.54) is 47.5 Å². The number of nitrogens with zero attached hydrogens (tertiary/aromatic N) is 2. The summed E-state index contributed by atoms with van der Waals surface area (Å²) in [6, 6.07) is 13.4. The topological polar surface area (TPSA) is 8.81 Å². The number of aryl methyl sites for hydroxylation is 3. The number of hydrogen-bond donors (Lipinski definition) is 0. The summed E-state index contributed by atoms with van der Waals surface area (Å²) < 4.78 is 7.20. The molecule has 0 saturated heterocycles. The number of aromatic nitrogens is 2. The van der Waals surface area contributed by atoms with Crippen molar-refractivity contribution in [3.8, 4) is 0 Å². The standard InChI is InChI=1S/C20H17N2S/c1-12-14-8-10-21(2)15(14)11-17-18(12)20-19-13(7-9-22(20)3)5-4-6-16(19)23-17/h4-11H,1-3H3/q+1. The van der Waals surface area contributed by atoms with Gasteiger partial charge in [-0.2, -0.15) is 0 Å². The van der Waals surface area contributed by atoms with E-state index in [0.717, 1.165) is 0 Å². The summed E-state index contributed by atoms with van der Waals surface area (Å²) in [5, 5.41) is 5.44. The van der Waals surface area contributed by atoms with Crippen molar-refractivity contribution in [2.24, 2.45) is 14.1 Å². The fourth-order valence-corrected chi connectivity index (χ4v) is 5.04. The zero-order chi connectivity index (χ0) is 15.7. The summed E-state index contributed by atoms with van der Waals surface area (Å²) in [4.78, 5) is 0. The Hall–Kier alpha value is -2.39. The molecular formula is C20H17N2S+. The number of rotatable bonds is 0. The molecule has 5 rings (SSSR count). The lowest BCUT2D eigenvalue weighted by Crippen LogP contribution is -2.24. The Balaban J connectivity index is 2.19. The summed E-state index contributed by atoms with van der Waals surface area (Å²) in [6.45, 7) is 2.26. The molecule has 3 heteroatoms. The first-order chi connectivity index (χ1) is 11.1. The van der Waals surface area contributed by atoms with Gasteiger partial charge < -0.3 is 4.57 Å². The number of pyridine rings is 1. The van der Waals surface area contributed by atoms with Crippen LogP contribution in [0.5, 0.6) is 0 Å². The predicted octanol–water partition coefficient (Wildman–Crippen LogP) is 4.83. The van der Waals surface area contributed by atoms with Gasteiger partial charge in [0.1, 0.15) is 7.05 Å². The third-order valence-electron chi connectivity index (χ3n) is 5.00. The molecule has 0 unspecified atom stereocenters. The Labute approximate surface area is 138 Å². The van der Waals surface area contributed by atoms with Crippen LogP contribution in [0.25, 0.3) is 42.0 Å². The van der Waals surface area contributed by atoms with Crippen LogP contribution in [0.15, 0.2) is 48.8 Å². The molecule has 0 N–H and O–H groups in total. The molecule has 0 spiro atoms. The van der Waals surface area contributed by atoms with E-state index in [9.17, 15) is 0 Å². The van der Waals surface area contributed by atoms with E-state index in [2.05, 4.69) is 78.9 Å². The van der Waals surface area contributed by atoms with E-state index in [-0.39, 0.29) is 0 Å². The van der Waals surface area contributed by atoms with Crippen molar-refractivity contribution in [1.29, 1.82) is 0 Å². The second-order valence-electron chi connectivity index (χ2n) is 6.33. The quantitative estimate of drug-likeness (QED) is 0.220. The molecule has 3 aromatic heterocycles. The first-order valence-corrected chi connectivity index (χ1v) is 8.65. The zero-order valence-electron chi connectivity index (χ0n) is 13.4. The van der Waals surface area contributed by atoms with Gasteiger partial charge in [-0.15, -0.1) is 11.3 Å². The fourth-order valence-electron chi connectivity index (χ4n) is 3.82. The summed E-state index contributed by atoms with van der Waals surface area (Å²) in [6.07, 6.45) is 4.33.